The monoisotopic (exact) mass is 585 g/mol. The lowest BCUT2D eigenvalue weighted by Crippen LogP contribution is -2.33. The van der Waals surface area contributed by atoms with E-state index in [0.717, 1.165) is 17.3 Å². The van der Waals surface area contributed by atoms with Gasteiger partial charge >= 0.3 is 5.97 Å². The number of hydrogen-bond donors (Lipinski definition) is 0. The molecule has 2 aromatic carbocycles. The summed E-state index contributed by atoms with van der Waals surface area (Å²) in [6.45, 7) is 0.103. The number of non-ortho nitro benzene ring substituents is 1. The van der Waals surface area contributed by atoms with Crippen LogP contribution in [0.3, 0.4) is 0 Å². The molecule has 2 aromatic rings. The molecule has 0 bridgehead atoms. The van der Waals surface area contributed by atoms with Crippen LogP contribution in [0.1, 0.15) is 17.5 Å². The molecule has 0 aromatic heterocycles. The fourth-order valence-corrected chi connectivity index (χ4v) is 6.07. The number of nitrogens with zero attached hydrogens (tertiary/aromatic N) is 3. The largest absolute Gasteiger partial charge is 0.464 e. The molecule has 2 fully saturated rings. The van der Waals surface area contributed by atoms with Crippen LogP contribution in [0.15, 0.2) is 64.4 Å². The Bertz CT molecular complexity index is 1380. The third kappa shape index (κ3) is 6.72. The number of thiocarbonyl (C=S) groups is 2. The second kappa shape index (κ2) is 12.4. The number of carbonyl (C=O) groups excluding carboxylic acids is 3. The topological polar surface area (TPSA) is 110 Å². The van der Waals surface area contributed by atoms with E-state index in [4.69, 9.17) is 29.2 Å². The quantitative estimate of drug-likeness (QED) is 0.136. The molecule has 2 aliphatic heterocycles. The summed E-state index contributed by atoms with van der Waals surface area (Å²) in [5.41, 5.74) is 1.46. The summed E-state index contributed by atoms with van der Waals surface area (Å²) < 4.78 is 5.95. The summed E-state index contributed by atoms with van der Waals surface area (Å²) >= 11 is 12.9. The van der Waals surface area contributed by atoms with Crippen molar-refractivity contribution in [2.75, 3.05) is 19.7 Å². The first kappa shape index (κ1) is 27.6. The minimum absolute atomic E-state index is 0.0460. The molecule has 2 aliphatic rings. The first-order chi connectivity index (χ1) is 18.2. The van der Waals surface area contributed by atoms with Crippen molar-refractivity contribution in [3.05, 3.63) is 85.6 Å². The second-order valence-corrected chi connectivity index (χ2v) is 11.2. The molecule has 2 amide bonds. The Hall–Kier alpha value is -3.39. The summed E-state index contributed by atoms with van der Waals surface area (Å²) in [6.07, 6.45) is 3.31. The Morgan fingerprint density at radius 3 is 1.95 bits per heavy atom. The van der Waals surface area contributed by atoms with Crippen LogP contribution in [0.5, 0.6) is 0 Å². The van der Waals surface area contributed by atoms with Crippen molar-refractivity contribution in [2.45, 2.75) is 6.42 Å². The van der Waals surface area contributed by atoms with E-state index in [2.05, 4.69) is 0 Å². The molecule has 0 spiro atoms. The van der Waals surface area contributed by atoms with Crippen LogP contribution in [0.2, 0.25) is 0 Å². The molecule has 0 aliphatic carbocycles. The number of esters is 1. The lowest BCUT2D eigenvalue weighted by molar-refractivity contribution is -0.384. The molecule has 0 radical (unpaired) electrons. The van der Waals surface area contributed by atoms with Crippen LogP contribution in [0, 0.1) is 10.1 Å². The van der Waals surface area contributed by atoms with Gasteiger partial charge in [0.2, 0.25) is 0 Å². The molecule has 0 saturated carbocycles. The molecule has 0 atom stereocenters. The molecule has 0 unspecified atom stereocenters. The van der Waals surface area contributed by atoms with E-state index in [-0.39, 0.29) is 43.6 Å². The molecule has 2 heterocycles. The van der Waals surface area contributed by atoms with Gasteiger partial charge in [-0.3, -0.25) is 34.3 Å². The summed E-state index contributed by atoms with van der Waals surface area (Å²) in [5.74, 6) is -1.12. The van der Waals surface area contributed by atoms with Crippen LogP contribution in [-0.2, 0) is 19.1 Å². The zero-order valence-corrected chi connectivity index (χ0v) is 22.9. The summed E-state index contributed by atoms with van der Waals surface area (Å²) in [5, 5.41) is 10.8. The maximum absolute atomic E-state index is 12.7. The molecular formula is C25H19N3O6S4. The molecule has 13 heteroatoms. The van der Waals surface area contributed by atoms with Crippen LogP contribution in [0.25, 0.3) is 12.2 Å². The first-order valence-electron chi connectivity index (χ1n) is 11.2. The fraction of sp³-hybridized carbons (Fsp3) is 0.160. The zero-order chi connectivity index (χ0) is 27.2. The van der Waals surface area contributed by atoms with Gasteiger partial charge in [0.1, 0.15) is 15.2 Å². The zero-order valence-electron chi connectivity index (χ0n) is 19.6. The van der Waals surface area contributed by atoms with Crippen molar-refractivity contribution < 1.29 is 24.0 Å². The average molecular weight is 586 g/mol. The highest BCUT2D eigenvalue weighted by molar-refractivity contribution is 8.27. The van der Waals surface area contributed by atoms with Gasteiger partial charge in [0.25, 0.3) is 17.5 Å². The SMILES string of the molecule is O=C(CCN1C(=O)C(=Cc2ccccc2)SC1=S)OCCN1C(=O)C(=Cc2ccc([N+](=O)[O-])cc2)SC1=S. The van der Waals surface area contributed by atoms with Crippen molar-refractivity contribution >= 4 is 92.2 Å². The number of rotatable bonds is 9. The number of nitro benzene ring substituents is 1. The minimum atomic E-state index is -0.530. The van der Waals surface area contributed by atoms with Gasteiger partial charge in [0, 0.05) is 18.7 Å². The lowest BCUT2D eigenvalue weighted by Gasteiger charge is -2.16. The van der Waals surface area contributed by atoms with Gasteiger partial charge in [0.15, 0.2) is 0 Å². The summed E-state index contributed by atoms with van der Waals surface area (Å²) in [4.78, 5) is 51.6. The van der Waals surface area contributed by atoms with E-state index in [9.17, 15) is 24.5 Å². The van der Waals surface area contributed by atoms with Crippen LogP contribution >= 0.6 is 48.0 Å². The number of thioether (sulfide) groups is 2. The van der Waals surface area contributed by atoms with Gasteiger partial charge in [-0.1, -0.05) is 78.3 Å². The highest BCUT2D eigenvalue weighted by atomic mass is 32.2. The van der Waals surface area contributed by atoms with E-state index in [1.54, 1.807) is 24.3 Å². The number of benzene rings is 2. The van der Waals surface area contributed by atoms with Gasteiger partial charge in [-0.2, -0.15) is 0 Å². The van der Waals surface area contributed by atoms with Gasteiger partial charge in [-0.25, -0.2) is 0 Å². The average Bonchev–Trinajstić information content (AvgIpc) is 3.31. The Morgan fingerprint density at radius 1 is 0.868 bits per heavy atom. The number of hydrogen-bond acceptors (Lipinski definition) is 10. The van der Waals surface area contributed by atoms with Gasteiger partial charge in [-0.15, -0.1) is 0 Å². The summed E-state index contributed by atoms with van der Waals surface area (Å²) in [7, 11) is 0. The van der Waals surface area contributed by atoms with Crippen LogP contribution in [-0.4, -0.2) is 60.8 Å². The predicted molar refractivity (Wildman–Crippen MR) is 155 cm³/mol. The van der Waals surface area contributed by atoms with Gasteiger partial charge in [0.05, 0.1) is 27.7 Å². The summed E-state index contributed by atoms with van der Waals surface area (Å²) in [6, 6.07) is 15.2. The highest BCUT2D eigenvalue weighted by Crippen LogP contribution is 2.33. The smallest absolute Gasteiger partial charge is 0.307 e. The number of carbonyl (C=O) groups is 3. The van der Waals surface area contributed by atoms with E-state index >= 15 is 0 Å². The van der Waals surface area contributed by atoms with E-state index in [1.165, 1.54) is 33.7 Å². The number of amides is 2. The Balaban J connectivity index is 1.25. The Kier molecular flexibility index (Phi) is 9.05. The maximum atomic E-state index is 12.7. The Morgan fingerprint density at radius 2 is 1.39 bits per heavy atom. The normalized spacial score (nSPS) is 17.7. The highest BCUT2D eigenvalue weighted by Gasteiger charge is 2.33. The van der Waals surface area contributed by atoms with E-state index in [1.807, 2.05) is 30.3 Å². The fourth-order valence-electron chi connectivity index (χ4n) is 3.46. The van der Waals surface area contributed by atoms with Crippen molar-refractivity contribution in [3.63, 3.8) is 0 Å². The third-order valence-corrected chi connectivity index (χ3v) is 8.12. The van der Waals surface area contributed by atoms with Crippen molar-refractivity contribution in [1.82, 2.24) is 9.80 Å². The van der Waals surface area contributed by atoms with Crippen molar-refractivity contribution in [3.8, 4) is 0 Å². The minimum Gasteiger partial charge on any atom is -0.464 e. The first-order valence-corrected chi connectivity index (χ1v) is 13.6. The maximum Gasteiger partial charge on any atom is 0.307 e. The van der Waals surface area contributed by atoms with E-state index < -0.39 is 10.9 Å². The molecular weight excluding hydrogens is 567 g/mol. The molecule has 9 nitrogen and oxygen atoms in total. The molecule has 2 saturated heterocycles. The third-order valence-electron chi connectivity index (χ3n) is 5.36. The van der Waals surface area contributed by atoms with Gasteiger partial charge in [-0.05, 0) is 35.4 Å². The van der Waals surface area contributed by atoms with Crippen molar-refractivity contribution in [2.24, 2.45) is 0 Å². The van der Waals surface area contributed by atoms with Crippen LogP contribution in [0.4, 0.5) is 5.69 Å². The number of ether oxygens (including phenoxy) is 1. The Labute approximate surface area is 237 Å². The molecule has 194 valence electrons. The molecule has 38 heavy (non-hydrogen) atoms. The number of nitro groups is 1. The second-order valence-electron chi connectivity index (χ2n) is 7.90. The molecule has 4 rings (SSSR count). The van der Waals surface area contributed by atoms with E-state index in [0.29, 0.717) is 24.0 Å². The standard InChI is InChI=1S/C25H19N3O6S4/c29-21(10-11-26-22(30)19(37-24(26)35)14-16-4-2-1-3-5-16)34-13-12-27-23(31)20(38-25(27)36)15-17-6-8-18(9-7-17)28(32)33/h1-9,14-15H,10-13H2. The van der Waals surface area contributed by atoms with Crippen molar-refractivity contribution in [1.29, 1.82) is 0 Å². The lowest BCUT2D eigenvalue weighted by atomic mass is 10.2. The van der Waals surface area contributed by atoms with Crippen LogP contribution < -0.4 is 0 Å². The van der Waals surface area contributed by atoms with Gasteiger partial charge < -0.3 is 4.74 Å². The predicted octanol–water partition coefficient (Wildman–Crippen LogP) is 4.63. The molecule has 0 N–H and O–H groups in total.